The van der Waals surface area contributed by atoms with Crippen LogP contribution in [0.25, 0.3) is 0 Å². The Bertz CT molecular complexity index is 658. The maximum atomic E-state index is 11.7. The van der Waals surface area contributed by atoms with Crippen LogP contribution >= 0.6 is 0 Å². The Kier molecular flexibility index (Phi) is 8.07. The summed E-state index contributed by atoms with van der Waals surface area (Å²) in [6.07, 6.45) is 5.24. The van der Waals surface area contributed by atoms with E-state index in [0.717, 1.165) is 24.0 Å². The van der Waals surface area contributed by atoms with Crippen LogP contribution in [0, 0.1) is 6.92 Å². The molecule has 0 spiro atoms. The molecule has 1 fully saturated rings. The van der Waals surface area contributed by atoms with Crippen LogP contribution in [-0.4, -0.2) is 51.5 Å². The minimum atomic E-state index is -0.481. The molecule has 0 radical (unpaired) electrons. The number of amides is 1. The standard InChI is InChI=1S/C19H35N7O2/c1-14-24-25-16(26(14)5)13-22-17(23-15-9-6-7-10-15)20-11-8-12-21-18(27)28-19(2,3)4/h15H,6-13H2,1-5H3,(H,21,27)(H2,20,22,23). The van der Waals surface area contributed by atoms with E-state index in [1.165, 1.54) is 25.7 Å². The number of rotatable bonds is 7. The second-order valence-corrected chi connectivity index (χ2v) is 8.22. The predicted molar refractivity (Wildman–Crippen MR) is 109 cm³/mol. The molecular formula is C19H35N7O2. The van der Waals surface area contributed by atoms with Crippen molar-refractivity contribution in [2.24, 2.45) is 12.0 Å². The van der Waals surface area contributed by atoms with Crippen molar-refractivity contribution in [3.05, 3.63) is 11.6 Å². The van der Waals surface area contributed by atoms with E-state index in [-0.39, 0.29) is 6.09 Å². The number of carbonyl (C=O) groups excluding carboxylic acids is 1. The van der Waals surface area contributed by atoms with Gasteiger partial charge in [0.2, 0.25) is 0 Å². The number of hydrogen-bond acceptors (Lipinski definition) is 5. The Morgan fingerprint density at radius 3 is 2.50 bits per heavy atom. The van der Waals surface area contributed by atoms with Gasteiger partial charge in [-0.1, -0.05) is 12.8 Å². The molecule has 0 aliphatic heterocycles. The zero-order valence-electron chi connectivity index (χ0n) is 17.8. The number of ether oxygens (including phenoxy) is 1. The maximum Gasteiger partial charge on any atom is 0.407 e. The van der Waals surface area contributed by atoms with Crippen LogP contribution in [0.3, 0.4) is 0 Å². The number of carbonyl (C=O) groups is 1. The molecule has 9 heteroatoms. The average Bonchev–Trinajstić information content (AvgIpc) is 3.22. The Hall–Kier alpha value is -2.32. The molecule has 0 atom stereocenters. The highest BCUT2D eigenvalue weighted by Gasteiger charge is 2.17. The first-order chi connectivity index (χ1) is 13.2. The fraction of sp³-hybridized carbons (Fsp3) is 0.789. The van der Waals surface area contributed by atoms with E-state index in [1.807, 2.05) is 39.3 Å². The predicted octanol–water partition coefficient (Wildman–Crippen LogP) is 2.02. The molecular weight excluding hydrogens is 358 g/mol. The van der Waals surface area contributed by atoms with Crippen LogP contribution < -0.4 is 16.0 Å². The normalized spacial score (nSPS) is 15.5. The van der Waals surface area contributed by atoms with E-state index in [9.17, 15) is 4.79 Å². The minimum absolute atomic E-state index is 0.386. The van der Waals surface area contributed by atoms with Gasteiger partial charge in [0, 0.05) is 26.2 Å². The molecule has 1 heterocycles. The lowest BCUT2D eigenvalue weighted by atomic mass is 10.2. The van der Waals surface area contributed by atoms with Gasteiger partial charge in [0.05, 0.1) is 0 Å². The molecule has 1 amide bonds. The summed E-state index contributed by atoms with van der Waals surface area (Å²) in [5, 5.41) is 17.9. The van der Waals surface area contributed by atoms with Crippen molar-refractivity contribution in [3.63, 3.8) is 0 Å². The van der Waals surface area contributed by atoms with Gasteiger partial charge < -0.3 is 25.3 Å². The highest BCUT2D eigenvalue weighted by atomic mass is 16.6. The number of alkyl carbamates (subject to hydrolysis) is 1. The third kappa shape index (κ3) is 7.74. The number of guanidine groups is 1. The summed E-state index contributed by atoms with van der Waals surface area (Å²) in [5.74, 6) is 2.48. The number of nitrogens with one attached hydrogen (secondary N) is 3. The number of aromatic nitrogens is 3. The van der Waals surface area contributed by atoms with E-state index in [0.29, 0.717) is 25.7 Å². The van der Waals surface area contributed by atoms with Crippen molar-refractivity contribution in [2.45, 2.75) is 78.0 Å². The van der Waals surface area contributed by atoms with Gasteiger partial charge >= 0.3 is 6.09 Å². The molecule has 1 aromatic heterocycles. The van der Waals surface area contributed by atoms with Gasteiger partial charge in [-0.15, -0.1) is 10.2 Å². The smallest absolute Gasteiger partial charge is 0.407 e. The van der Waals surface area contributed by atoms with E-state index >= 15 is 0 Å². The maximum absolute atomic E-state index is 11.7. The van der Waals surface area contributed by atoms with Gasteiger partial charge in [0.25, 0.3) is 0 Å². The molecule has 28 heavy (non-hydrogen) atoms. The first-order valence-corrected chi connectivity index (χ1v) is 10.1. The summed E-state index contributed by atoms with van der Waals surface area (Å²) in [4.78, 5) is 16.3. The summed E-state index contributed by atoms with van der Waals surface area (Å²) in [6, 6.07) is 0.465. The molecule has 2 rings (SSSR count). The molecule has 0 saturated heterocycles. The lowest BCUT2D eigenvalue weighted by molar-refractivity contribution is 0.0527. The number of aryl methyl sites for hydroxylation is 1. The monoisotopic (exact) mass is 393 g/mol. The van der Waals surface area contributed by atoms with Gasteiger partial charge in [0.1, 0.15) is 18.0 Å². The lowest BCUT2D eigenvalue weighted by Crippen LogP contribution is -2.43. The van der Waals surface area contributed by atoms with Gasteiger partial charge in [0.15, 0.2) is 11.8 Å². The van der Waals surface area contributed by atoms with Crippen molar-refractivity contribution >= 4 is 12.1 Å². The second-order valence-electron chi connectivity index (χ2n) is 8.22. The van der Waals surface area contributed by atoms with Gasteiger partial charge in [-0.05, 0) is 47.0 Å². The number of nitrogens with zero attached hydrogens (tertiary/aromatic N) is 4. The molecule has 1 aliphatic carbocycles. The Labute approximate surface area is 167 Å². The molecule has 158 valence electrons. The molecule has 0 aromatic carbocycles. The van der Waals surface area contributed by atoms with Crippen molar-refractivity contribution in [3.8, 4) is 0 Å². The Morgan fingerprint density at radius 1 is 1.21 bits per heavy atom. The molecule has 0 bridgehead atoms. The SMILES string of the molecule is Cc1nnc(CN=C(NCCCNC(=O)OC(C)(C)C)NC2CCCC2)n1C. The summed E-state index contributed by atoms with van der Waals surface area (Å²) in [7, 11) is 1.94. The zero-order chi connectivity index (χ0) is 20.6. The zero-order valence-corrected chi connectivity index (χ0v) is 17.8. The number of hydrogen-bond donors (Lipinski definition) is 3. The summed E-state index contributed by atoms with van der Waals surface area (Å²) in [5.41, 5.74) is -0.481. The Morgan fingerprint density at radius 2 is 1.89 bits per heavy atom. The highest BCUT2D eigenvalue weighted by molar-refractivity contribution is 5.80. The molecule has 1 saturated carbocycles. The summed E-state index contributed by atoms with van der Waals surface area (Å²) in [6.45, 7) is 9.19. The molecule has 1 aliphatic rings. The summed E-state index contributed by atoms with van der Waals surface area (Å²) >= 11 is 0. The lowest BCUT2D eigenvalue weighted by Gasteiger charge is -2.20. The first-order valence-electron chi connectivity index (χ1n) is 10.1. The van der Waals surface area contributed by atoms with Gasteiger partial charge in [-0.2, -0.15) is 0 Å². The van der Waals surface area contributed by atoms with Crippen molar-refractivity contribution in [1.29, 1.82) is 0 Å². The quantitative estimate of drug-likeness (QED) is 0.372. The van der Waals surface area contributed by atoms with E-state index in [1.54, 1.807) is 0 Å². The first kappa shape index (κ1) is 22.0. The van der Waals surface area contributed by atoms with Crippen LogP contribution in [0.2, 0.25) is 0 Å². The summed E-state index contributed by atoms with van der Waals surface area (Å²) < 4.78 is 7.18. The van der Waals surface area contributed by atoms with Gasteiger partial charge in [-0.25, -0.2) is 9.79 Å². The van der Waals surface area contributed by atoms with Crippen LogP contribution in [0.4, 0.5) is 4.79 Å². The van der Waals surface area contributed by atoms with Crippen molar-refractivity contribution in [2.75, 3.05) is 13.1 Å². The average molecular weight is 394 g/mol. The largest absolute Gasteiger partial charge is 0.444 e. The fourth-order valence-electron chi connectivity index (χ4n) is 2.95. The molecule has 3 N–H and O–H groups in total. The van der Waals surface area contributed by atoms with E-state index in [2.05, 4.69) is 31.1 Å². The highest BCUT2D eigenvalue weighted by Crippen LogP contribution is 2.17. The van der Waals surface area contributed by atoms with Crippen LogP contribution in [0.1, 0.15) is 64.5 Å². The van der Waals surface area contributed by atoms with Gasteiger partial charge in [-0.3, -0.25) is 0 Å². The van der Waals surface area contributed by atoms with Crippen molar-refractivity contribution in [1.82, 2.24) is 30.7 Å². The third-order valence-corrected chi connectivity index (χ3v) is 4.57. The molecule has 9 nitrogen and oxygen atoms in total. The Balaban J connectivity index is 1.79. The van der Waals surface area contributed by atoms with Crippen molar-refractivity contribution < 1.29 is 9.53 Å². The van der Waals surface area contributed by atoms with Crippen LogP contribution in [0.15, 0.2) is 4.99 Å². The molecule has 1 aromatic rings. The van der Waals surface area contributed by atoms with E-state index in [4.69, 9.17) is 4.74 Å². The topological polar surface area (TPSA) is 105 Å². The fourth-order valence-corrected chi connectivity index (χ4v) is 2.95. The number of aliphatic imine (C=N–C) groups is 1. The second kappa shape index (κ2) is 10.3. The van der Waals surface area contributed by atoms with E-state index < -0.39 is 5.60 Å². The minimum Gasteiger partial charge on any atom is -0.444 e. The van der Waals surface area contributed by atoms with Crippen LogP contribution in [0.5, 0.6) is 0 Å². The third-order valence-electron chi connectivity index (χ3n) is 4.57. The molecule has 0 unspecified atom stereocenters. The van der Waals surface area contributed by atoms with Crippen LogP contribution in [-0.2, 0) is 18.3 Å².